The van der Waals surface area contributed by atoms with E-state index in [-0.39, 0.29) is 22.8 Å². The summed E-state index contributed by atoms with van der Waals surface area (Å²) in [6.07, 6.45) is 3.58. The molecule has 5 rings (SSSR count). The molecule has 33 heavy (non-hydrogen) atoms. The van der Waals surface area contributed by atoms with Crippen molar-refractivity contribution in [3.8, 4) is 11.4 Å². The average molecular weight is 460 g/mol. The van der Waals surface area contributed by atoms with E-state index in [0.717, 1.165) is 30.4 Å². The third kappa shape index (κ3) is 4.14. The van der Waals surface area contributed by atoms with E-state index in [2.05, 4.69) is 15.1 Å². The number of carbonyl (C=O) groups is 1. The smallest absolute Gasteiger partial charge is 0.337 e. The zero-order valence-electron chi connectivity index (χ0n) is 17.5. The van der Waals surface area contributed by atoms with Crippen molar-refractivity contribution in [2.45, 2.75) is 38.4 Å². The number of halogens is 4. The van der Waals surface area contributed by atoms with E-state index < -0.39 is 18.5 Å². The number of alkyl halides is 3. The molecule has 0 unspecified atom stereocenters. The van der Waals surface area contributed by atoms with Gasteiger partial charge in [-0.15, -0.1) is 0 Å². The number of nitrogens with zero attached hydrogens (tertiary/aromatic N) is 6. The molecule has 0 saturated carbocycles. The zero-order chi connectivity index (χ0) is 23.2. The standard InChI is InChI=1S/C22H20F4N6O/c23-14-5-8-31-18(12-28-19(31)9-14)20-15-11-27-16(21(33)30-6-3-1-2-4-7-30)10-17(15)32(29-20)13-22(24,25)26/h5,8-12H,1-4,6-7,13H2. The number of carbonyl (C=O) groups excluding carboxylic acids is 1. The van der Waals surface area contributed by atoms with Gasteiger partial charge >= 0.3 is 6.18 Å². The number of aromatic nitrogens is 5. The summed E-state index contributed by atoms with van der Waals surface area (Å²) < 4.78 is 55.8. The maximum absolute atomic E-state index is 13.5. The Kier molecular flexibility index (Phi) is 5.26. The van der Waals surface area contributed by atoms with Gasteiger partial charge < -0.3 is 4.90 Å². The summed E-state index contributed by atoms with van der Waals surface area (Å²) in [5.41, 5.74) is 1.13. The predicted molar refractivity (Wildman–Crippen MR) is 112 cm³/mol. The molecular formula is C22H20F4N6O. The number of amides is 1. The summed E-state index contributed by atoms with van der Waals surface area (Å²) in [7, 11) is 0. The van der Waals surface area contributed by atoms with Gasteiger partial charge in [0.2, 0.25) is 0 Å². The SMILES string of the molecule is O=C(c1cc2c(cn1)c(-c1cnc3cc(F)ccn13)nn2CC(F)(F)F)N1CCCCCC1. The molecule has 1 amide bonds. The number of hydrogen-bond acceptors (Lipinski definition) is 4. The number of pyridine rings is 2. The Morgan fingerprint density at radius 3 is 2.52 bits per heavy atom. The number of rotatable bonds is 3. The Bertz CT molecular complexity index is 1330. The van der Waals surface area contributed by atoms with Crippen molar-refractivity contribution in [3.05, 3.63) is 48.3 Å². The lowest BCUT2D eigenvalue weighted by molar-refractivity contribution is -0.141. The van der Waals surface area contributed by atoms with E-state index in [1.807, 2.05) is 0 Å². The molecule has 4 aromatic rings. The highest BCUT2D eigenvalue weighted by atomic mass is 19.4. The molecule has 0 spiro atoms. The third-order valence-electron chi connectivity index (χ3n) is 5.80. The van der Waals surface area contributed by atoms with Gasteiger partial charge in [0.1, 0.15) is 29.4 Å². The Hall–Kier alpha value is -3.50. The highest BCUT2D eigenvalue weighted by molar-refractivity contribution is 5.99. The first-order valence-corrected chi connectivity index (χ1v) is 10.7. The van der Waals surface area contributed by atoms with Crippen LogP contribution in [0.15, 0.2) is 36.8 Å². The summed E-state index contributed by atoms with van der Waals surface area (Å²) in [6, 6.07) is 3.81. The predicted octanol–water partition coefficient (Wildman–Crippen LogP) is 4.46. The van der Waals surface area contributed by atoms with Crippen LogP contribution in [0.5, 0.6) is 0 Å². The minimum atomic E-state index is -4.52. The Morgan fingerprint density at radius 1 is 1.03 bits per heavy atom. The molecule has 0 radical (unpaired) electrons. The van der Waals surface area contributed by atoms with Gasteiger partial charge in [0.25, 0.3) is 5.91 Å². The lowest BCUT2D eigenvalue weighted by Gasteiger charge is -2.19. The lowest BCUT2D eigenvalue weighted by atomic mass is 10.2. The Labute approximate surface area is 185 Å². The van der Waals surface area contributed by atoms with Gasteiger partial charge in [-0.3, -0.25) is 18.9 Å². The molecule has 11 heteroatoms. The van der Waals surface area contributed by atoms with Gasteiger partial charge in [0, 0.05) is 36.9 Å². The highest BCUT2D eigenvalue weighted by Crippen LogP contribution is 2.31. The van der Waals surface area contributed by atoms with Crippen molar-refractivity contribution in [2.24, 2.45) is 0 Å². The maximum atomic E-state index is 13.5. The molecule has 4 aromatic heterocycles. The van der Waals surface area contributed by atoms with E-state index in [1.54, 1.807) is 9.30 Å². The molecule has 0 N–H and O–H groups in total. The van der Waals surface area contributed by atoms with Gasteiger partial charge in [0.15, 0.2) is 0 Å². The molecule has 7 nitrogen and oxygen atoms in total. The van der Waals surface area contributed by atoms with Gasteiger partial charge in [-0.2, -0.15) is 18.3 Å². The topological polar surface area (TPSA) is 68.3 Å². The first-order chi connectivity index (χ1) is 15.8. The van der Waals surface area contributed by atoms with E-state index in [1.165, 1.54) is 36.8 Å². The van der Waals surface area contributed by atoms with Crippen LogP contribution >= 0.6 is 0 Å². The van der Waals surface area contributed by atoms with Gasteiger partial charge in [-0.1, -0.05) is 12.8 Å². The number of fused-ring (bicyclic) bond motifs is 2. The van der Waals surface area contributed by atoms with Crippen LogP contribution in [0, 0.1) is 5.82 Å². The molecule has 0 bridgehead atoms. The van der Waals surface area contributed by atoms with Crippen molar-refractivity contribution in [1.82, 2.24) is 29.0 Å². The normalized spacial score (nSPS) is 15.3. The molecule has 5 heterocycles. The van der Waals surface area contributed by atoms with Gasteiger partial charge in [0.05, 0.1) is 17.4 Å². The number of hydrogen-bond donors (Lipinski definition) is 0. The first kappa shape index (κ1) is 21.4. The summed E-state index contributed by atoms with van der Waals surface area (Å²) >= 11 is 0. The largest absolute Gasteiger partial charge is 0.408 e. The van der Waals surface area contributed by atoms with Gasteiger partial charge in [-0.25, -0.2) is 9.37 Å². The fourth-order valence-corrected chi connectivity index (χ4v) is 4.23. The minimum Gasteiger partial charge on any atom is -0.337 e. The molecule has 172 valence electrons. The summed E-state index contributed by atoms with van der Waals surface area (Å²) in [6.45, 7) is -0.121. The van der Waals surface area contributed by atoms with Crippen LogP contribution in [-0.4, -0.2) is 54.2 Å². The zero-order valence-corrected chi connectivity index (χ0v) is 17.5. The highest BCUT2D eigenvalue weighted by Gasteiger charge is 2.31. The molecule has 1 fully saturated rings. The fraction of sp³-hybridized carbons (Fsp3) is 0.364. The third-order valence-corrected chi connectivity index (χ3v) is 5.80. The molecule has 0 aliphatic carbocycles. The fourth-order valence-electron chi connectivity index (χ4n) is 4.23. The van der Waals surface area contributed by atoms with Crippen LogP contribution in [0.1, 0.15) is 36.2 Å². The monoisotopic (exact) mass is 460 g/mol. The molecule has 0 aromatic carbocycles. The number of imidazole rings is 1. The second-order valence-corrected chi connectivity index (χ2v) is 8.13. The molecular weight excluding hydrogens is 440 g/mol. The Balaban J connectivity index is 1.62. The van der Waals surface area contributed by atoms with Crippen LogP contribution in [0.2, 0.25) is 0 Å². The maximum Gasteiger partial charge on any atom is 0.408 e. The molecule has 1 aliphatic heterocycles. The summed E-state index contributed by atoms with van der Waals surface area (Å²) in [5.74, 6) is -0.782. The van der Waals surface area contributed by atoms with Crippen molar-refractivity contribution < 1.29 is 22.4 Å². The van der Waals surface area contributed by atoms with Crippen molar-refractivity contribution in [3.63, 3.8) is 0 Å². The second kappa shape index (κ2) is 8.13. The quantitative estimate of drug-likeness (QED) is 0.424. The van der Waals surface area contributed by atoms with Crippen LogP contribution in [0.25, 0.3) is 27.9 Å². The Morgan fingerprint density at radius 2 is 1.79 bits per heavy atom. The summed E-state index contributed by atoms with van der Waals surface area (Å²) in [4.78, 5) is 23.1. The minimum absolute atomic E-state index is 0.0829. The van der Waals surface area contributed by atoms with Gasteiger partial charge in [-0.05, 0) is 25.0 Å². The number of likely N-dealkylation sites (tertiary alicyclic amines) is 1. The second-order valence-electron chi connectivity index (χ2n) is 8.13. The molecule has 0 atom stereocenters. The molecule has 1 aliphatic rings. The summed E-state index contributed by atoms with van der Waals surface area (Å²) in [5, 5.41) is 4.54. The van der Waals surface area contributed by atoms with Crippen LogP contribution in [-0.2, 0) is 6.54 Å². The van der Waals surface area contributed by atoms with Crippen molar-refractivity contribution in [1.29, 1.82) is 0 Å². The van der Waals surface area contributed by atoms with Crippen LogP contribution in [0.4, 0.5) is 17.6 Å². The van der Waals surface area contributed by atoms with Crippen LogP contribution in [0.3, 0.4) is 0 Å². The van der Waals surface area contributed by atoms with Crippen molar-refractivity contribution in [2.75, 3.05) is 13.1 Å². The molecule has 1 saturated heterocycles. The van der Waals surface area contributed by atoms with E-state index in [4.69, 9.17) is 0 Å². The van der Waals surface area contributed by atoms with Crippen LogP contribution < -0.4 is 0 Å². The first-order valence-electron chi connectivity index (χ1n) is 10.7. The van der Waals surface area contributed by atoms with E-state index in [0.29, 0.717) is 29.8 Å². The lowest BCUT2D eigenvalue weighted by Crippen LogP contribution is -2.32. The van der Waals surface area contributed by atoms with E-state index in [9.17, 15) is 22.4 Å². The average Bonchev–Trinajstić information content (AvgIpc) is 3.20. The van der Waals surface area contributed by atoms with E-state index >= 15 is 0 Å². The van der Waals surface area contributed by atoms with Crippen molar-refractivity contribution >= 4 is 22.5 Å².